The first-order valence-corrected chi connectivity index (χ1v) is 18.8. The van der Waals surface area contributed by atoms with E-state index in [2.05, 4.69) is 0 Å². The summed E-state index contributed by atoms with van der Waals surface area (Å²) >= 11 is 0. The average molecular weight is 875 g/mol. The molecule has 14 N–H and O–H groups in total. The maximum atomic E-state index is 14.2. The first-order valence-electron chi connectivity index (χ1n) is 18.8. The summed E-state index contributed by atoms with van der Waals surface area (Å²) in [6.45, 7) is -0.303. The van der Waals surface area contributed by atoms with Crippen LogP contribution in [0.5, 0.6) is 28.7 Å². The monoisotopic (exact) mass is 874 g/mol. The number of aromatic hydroxyl groups is 4. The Kier molecular flexibility index (Phi) is 13.3. The number of aliphatic hydroxyl groups is 10. The van der Waals surface area contributed by atoms with E-state index in [9.17, 15) is 76.3 Å². The zero-order valence-electron chi connectivity index (χ0n) is 31.7. The molecule has 0 bridgehead atoms. The highest BCUT2D eigenvalue weighted by Crippen LogP contribution is 2.41. The zero-order chi connectivity index (χ0) is 44.2. The molecule has 61 heavy (non-hydrogen) atoms. The molecular formula is C37H46O24. The van der Waals surface area contributed by atoms with Gasteiger partial charge in [0.1, 0.15) is 95.7 Å². The van der Waals surface area contributed by atoms with E-state index >= 15 is 0 Å². The minimum absolute atomic E-state index is 0.112. The molecule has 24 heteroatoms. The lowest BCUT2D eigenvalue weighted by Gasteiger charge is -2.47. The van der Waals surface area contributed by atoms with Crippen LogP contribution in [0.1, 0.15) is 6.92 Å². The molecule has 4 saturated heterocycles. The summed E-state index contributed by atoms with van der Waals surface area (Å²) in [5.74, 6) is -3.77. The van der Waals surface area contributed by atoms with Gasteiger partial charge in [0.2, 0.25) is 17.5 Å². The van der Waals surface area contributed by atoms with Gasteiger partial charge < -0.3 is 114 Å². The molecule has 4 fully saturated rings. The molecule has 4 aliphatic heterocycles. The van der Waals surface area contributed by atoms with Gasteiger partial charge in [0.05, 0.1) is 25.9 Å². The molecule has 2 aromatic carbocycles. The molecule has 0 amide bonds. The van der Waals surface area contributed by atoms with Crippen LogP contribution in [0.4, 0.5) is 0 Å². The molecule has 0 spiro atoms. The number of benzene rings is 2. The standard InChI is InChI=1S/C37H46O24/c1-10-30(59-35-27(50)22(45)17(43)8-54-35)29(52)33(61-36-28(51)25(48)23(46)19(58-36)9-55-34-26(49)21(44)16(42)7-53-34)37(56-10)60-32-24(47)20-15(41)5-12(38)6-18(20)57-31(32)11-2-3-13(39)14(40)4-11/h2-6,10,16-17,19,21-23,25-30,33-46,48-52H,7-9H2,1H3/t10-,16+,17+,19+,21-,22-,23+,25-,26+,27+,28+,29+,30-,33+,34-,35-,36-,37-/m0/s1. The molecular weight excluding hydrogens is 828 g/mol. The second-order valence-electron chi connectivity index (χ2n) is 15.0. The number of rotatable bonds is 10. The first-order chi connectivity index (χ1) is 28.9. The van der Waals surface area contributed by atoms with E-state index in [0.717, 1.165) is 24.3 Å². The second kappa shape index (κ2) is 18.0. The van der Waals surface area contributed by atoms with Crippen LogP contribution >= 0.6 is 0 Å². The van der Waals surface area contributed by atoms with Crippen LogP contribution in [0.2, 0.25) is 0 Å². The van der Waals surface area contributed by atoms with Gasteiger partial charge in [0.25, 0.3) is 0 Å². The van der Waals surface area contributed by atoms with Crippen molar-refractivity contribution < 1.29 is 114 Å². The number of fused-ring (bicyclic) bond motifs is 1. The van der Waals surface area contributed by atoms with Gasteiger partial charge >= 0.3 is 0 Å². The Morgan fingerprint density at radius 2 is 1.25 bits per heavy atom. The number of aliphatic hydroxyl groups excluding tert-OH is 10. The smallest absolute Gasteiger partial charge is 0.239 e. The minimum atomic E-state index is -2.11. The Labute approximate surface area is 342 Å². The lowest BCUT2D eigenvalue weighted by atomic mass is 9.97. The van der Waals surface area contributed by atoms with E-state index in [4.69, 9.17) is 42.3 Å². The van der Waals surface area contributed by atoms with Crippen LogP contribution in [0, 0.1) is 0 Å². The topological polar surface area (TPSA) is 387 Å². The van der Waals surface area contributed by atoms with Crippen LogP contribution in [-0.4, -0.2) is 202 Å². The Bertz CT molecular complexity index is 2060. The fourth-order valence-corrected chi connectivity index (χ4v) is 7.26. The first kappa shape index (κ1) is 45.0. The van der Waals surface area contributed by atoms with E-state index in [1.807, 2.05) is 0 Å². The maximum absolute atomic E-state index is 14.2. The predicted molar refractivity (Wildman–Crippen MR) is 193 cm³/mol. The molecule has 3 aromatic rings. The van der Waals surface area contributed by atoms with Crippen LogP contribution in [-0.2, 0) is 33.2 Å². The second-order valence-corrected chi connectivity index (χ2v) is 15.0. The van der Waals surface area contributed by atoms with Crippen molar-refractivity contribution >= 4 is 11.0 Å². The van der Waals surface area contributed by atoms with Gasteiger partial charge in [-0.3, -0.25) is 4.79 Å². The van der Waals surface area contributed by atoms with Gasteiger partial charge in [0.15, 0.2) is 42.2 Å². The van der Waals surface area contributed by atoms with Crippen LogP contribution < -0.4 is 10.2 Å². The highest BCUT2D eigenvalue weighted by atomic mass is 16.8. The molecule has 5 heterocycles. The van der Waals surface area contributed by atoms with Crippen molar-refractivity contribution in [2.75, 3.05) is 19.8 Å². The van der Waals surface area contributed by atoms with E-state index in [1.165, 1.54) is 13.0 Å². The predicted octanol–water partition coefficient (Wildman–Crippen LogP) is -4.76. The van der Waals surface area contributed by atoms with Crippen molar-refractivity contribution in [3.05, 3.63) is 40.6 Å². The van der Waals surface area contributed by atoms with Crippen LogP contribution in [0.15, 0.2) is 39.5 Å². The van der Waals surface area contributed by atoms with Gasteiger partial charge in [0, 0.05) is 17.7 Å². The summed E-state index contributed by atoms with van der Waals surface area (Å²) < 4.78 is 51.6. The lowest BCUT2D eigenvalue weighted by Crippen LogP contribution is -2.66. The summed E-state index contributed by atoms with van der Waals surface area (Å²) in [6.07, 6.45) is -31.8. The summed E-state index contributed by atoms with van der Waals surface area (Å²) in [4.78, 5) is 14.2. The number of phenolic OH excluding ortho intramolecular Hbond substituents is 4. The molecule has 24 nitrogen and oxygen atoms in total. The van der Waals surface area contributed by atoms with Gasteiger partial charge in [-0.15, -0.1) is 0 Å². The number of hydrogen-bond acceptors (Lipinski definition) is 24. The lowest BCUT2D eigenvalue weighted by molar-refractivity contribution is -0.374. The molecule has 338 valence electrons. The third-order valence-electron chi connectivity index (χ3n) is 10.7. The molecule has 4 aliphatic rings. The van der Waals surface area contributed by atoms with E-state index in [0.29, 0.717) is 0 Å². The summed E-state index contributed by atoms with van der Waals surface area (Å²) in [7, 11) is 0. The largest absolute Gasteiger partial charge is 0.508 e. The van der Waals surface area contributed by atoms with Crippen molar-refractivity contribution in [1.29, 1.82) is 0 Å². The van der Waals surface area contributed by atoms with Crippen LogP contribution in [0.3, 0.4) is 0 Å². The quantitative estimate of drug-likeness (QED) is 0.0850. The molecule has 7 rings (SSSR count). The Morgan fingerprint density at radius 3 is 1.92 bits per heavy atom. The fourth-order valence-electron chi connectivity index (χ4n) is 7.26. The van der Waals surface area contributed by atoms with Crippen molar-refractivity contribution in [3.63, 3.8) is 0 Å². The summed E-state index contributed by atoms with van der Waals surface area (Å²) in [5.41, 5.74) is -1.59. The van der Waals surface area contributed by atoms with Gasteiger partial charge in [-0.2, -0.15) is 0 Å². The third kappa shape index (κ3) is 8.82. The fraction of sp³-hybridized carbons (Fsp3) is 0.595. The Hall–Kier alpha value is -4.03. The normalized spacial score (nSPS) is 39.6. The number of hydrogen-bond donors (Lipinski definition) is 14. The van der Waals surface area contributed by atoms with E-state index in [-0.39, 0.29) is 11.1 Å². The molecule has 1 aromatic heterocycles. The third-order valence-corrected chi connectivity index (χ3v) is 10.7. The highest BCUT2D eigenvalue weighted by Gasteiger charge is 2.54. The minimum Gasteiger partial charge on any atom is -0.508 e. The van der Waals surface area contributed by atoms with Crippen LogP contribution in [0.25, 0.3) is 22.3 Å². The molecule has 0 saturated carbocycles. The molecule has 0 radical (unpaired) electrons. The van der Waals surface area contributed by atoms with Crippen molar-refractivity contribution in [2.45, 2.75) is 118 Å². The highest BCUT2D eigenvalue weighted by molar-refractivity contribution is 5.88. The average Bonchev–Trinajstić information content (AvgIpc) is 3.21. The van der Waals surface area contributed by atoms with E-state index in [1.54, 1.807) is 0 Å². The molecule has 0 unspecified atom stereocenters. The maximum Gasteiger partial charge on any atom is 0.239 e. The number of phenols is 4. The van der Waals surface area contributed by atoms with Crippen molar-refractivity contribution in [1.82, 2.24) is 0 Å². The molecule has 0 aliphatic carbocycles. The SMILES string of the molecule is C[C@@H]1O[C@@H](Oc2c(-c3ccc(O)c(O)c3)oc3cc(O)cc(O)c3c2=O)[C@H](O[C@@H]2O[C@H](CO[C@@H]3OC[C@@H](O)[C@H](O)[C@H]3O)[C@@H](O)[C@H](O)[C@H]2O)[C@H](O)[C@H]1O[C@@H]1OC[C@@H](O)[C@H](O)[C@H]1O. The van der Waals surface area contributed by atoms with Gasteiger partial charge in [-0.1, -0.05) is 0 Å². The summed E-state index contributed by atoms with van der Waals surface area (Å²) in [5, 5.41) is 146. The Balaban J connectivity index is 1.24. The van der Waals surface area contributed by atoms with Gasteiger partial charge in [-0.25, -0.2) is 0 Å². The van der Waals surface area contributed by atoms with Gasteiger partial charge in [-0.05, 0) is 25.1 Å². The number of ether oxygens (including phenoxy) is 8. The van der Waals surface area contributed by atoms with Crippen molar-refractivity contribution in [2.24, 2.45) is 0 Å². The zero-order valence-corrected chi connectivity index (χ0v) is 31.7. The van der Waals surface area contributed by atoms with E-state index < -0.39 is 176 Å². The summed E-state index contributed by atoms with van der Waals surface area (Å²) in [6, 6.07) is 5.05. The molecule has 18 atom stereocenters. The van der Waals surface area contributed by atoms with Crippen molar-refractivity contribution in [3.8, 4) is 40.1 Å². The Morgan fingerprint density at radius 1 is 0.623 bits per heavy atom.